The van der Waals surface area contributed by atoms with Crippen molar-refractivity contribution in [1.29, 1.82) is 5.26 Å². The van der Waals surface area contributed by atoms with E-state index in [1.54, 1.807) is 0 Å². The molecule has 0 saturated carbocycles. The second-order valence-electron chi connectivity index (χ2n) is 4.45. The van der Waals surface area contributed by atoms with Crippen molar-refractivity contribution in [2.45, 2.75) is 26.8 Å². The Bertz CT molecular complexity index is 375. The SMILES string of the molecule is CCN(CC(C)C#N)c1ccc([C@H](C)N)cc1. The van der Waals surface area contributed by atoms with Crippen LogP contribution in [0.2, 0.25) is 0 Å². The van der Waals surface area contributed by atoms with Gasteiger partial charge < -0.3 is 10.6 Å². The quantitative estimate of drug-likeness (QED) is 0.847. The van der Waals surface area contributed by atoms with Crippen LogP contribution >= 0.6 is 0 Å². The third-order valence-electron chi connectivity index (χ3n) is 2.88. The second kappa shape index (κ2) is 6.27. The Kier molecular flexibility index (Phi) is 4.99. The zero-order valence-electron chi connectivity index (χ0n) is 10.9. The zero-order valence-corrected chi connectivity index (χ0v) is 10.9. The second-order valence-corrected chi connectivity index (χ2v) is 4.45. The molecule has 3 nitrogen and oxygen atoms in total. The number of anilines is 1. The number of benzene rings is 1. The summed E-state index contributed by atoms with van der Waals surface area (Å²) >= 11 is 0. The number of nitriles is 1. The number of rotatable bonds is 5. The summed E-state index contributed by atoms with van der Waals surface area (Å²) in [6.45, 7) is 7.70. The van der Waals surface area contributed by atoms with Crippen molar-refractivity contribution in [3.63, 3.8) is 0 Å². The molecule has 0 aliphatic heterocycles. The van der Waals surface area contributed by atoms with Crippen LogP contribution in [0.4, 0.5) is 5.69 Å². The van der Waals surface area contributed by atoms with E-state index in [2.05, 4.69) is 42.2 Å². The molecule has 92 valence electrons. The molecule has 1 aromatic rings. The first kappa shape index (κ1) is 13.5. The van der Waals surface area contributed by atoms with E-state index in [-0.39, 0.29) is 12.0 Å². The van der Waals surface area contributed by atoms with Crippen molar-refractivity contribution in [1.82, 2.24) is 0 Å². The largest absolute Gasteiger partial charge is 0.371 e. The third kappa shape index (κ3) is 3.76. The number of nitrogens with zero attached hydrogens (tertiary/aromatic N) is 2. The molecule has 0 spiro atoms. The zero-order chi connectivity index (χ0) is 12.8. The van der Waals surface area contributed by atoms with Gasteiger partial charge in [0, 0.05) is 24.8 Å². The van der Waals surface area contributed by atoms with Crippen molar-refractivity contribution in [3.05, 3.63) is 29.8 Å². The van der Waals surface area contributed by atoms with Crippen LogP contribution in [-0.4, -0.2) is 13.1 Å². The molecule has 0 aromatic heterocycles. The molecule has 17 heavy (non-hydrogen) atoms. The summed E-state index contributed by atoms with van der Waals surface area (Å²) in [6, 6.07) is 10.6. The number of nitrogens with two attached hydrogens (primary N) is 1. The summed E-state index contributed by atoms with van der Waals surface area (Å²) < 4.78 is 0. The van der Waals surface area contributed by atoms with E-state index in [1.807, 2.05) is 13.8 Å². The number of hydrogen-bond donors (Lipinski definition) is 1. The fourth-order valence-electron chi connectivity index (χ4n) is 1.78. The average molecular weight is 231 g/mol. The molecule has 0 radical (unpaired) electrons. The first-order chi connectivity index (χ1) is 8.08. The number of hydrogen-bond acceptors (Lipinski definition) is 3. The molecule has 0 aliphatic carbocycles. The standard InChI is InChI=1S/C14H21N3/c1-4-17(10-11(2)9-15)14-7-5-13(6-8-14)12(3)16/h5-8,11-12H,4,10,16H2,1-3H3/t11?,12-/m0/s1. The normalized spacial score (nSPS) is 13.8. The topological polar surface area (TPSA) is 53.0 Å². The van der Waals surface area contributed by atoms with Crippen molar-refractivity contribution in [3.8, 4) is 6.07 Å². The van der Waals surface area contributed by atoms with Crippen LogP contribution in [0.5, 0.6) is 0 Å². The summed E-state index contributed by atoms with van der Waals surface area (Å²) in [6.07, 6.45) is 0. The molecule has 0 fully saturated rings. The molecule has 2 atom stereocenters. The Labute approximate surface area is 104 Å². The van der Waals surface area contributed by atoms with E-state index in [0.717, 1.165) is 24.3 Å². The maximum atomic E-state index is 8.85. The fraction of sp³-hybridized carbons (Fsp3) is 0.500. The van der Waals surface area contributed by atoms with Crippen LogP contribution < -0.4 is 10.6 Å². The summed E-state index contributed by atoms with van der Waals surface area (Å²) in [5, 5.41) is 8.85. The Morgan fingerprint density at radius 3 is 2.29 bits per heavy atom. The van der Waals surface area contributed by atoms with Crippen molar-refractivity contribution in [2.75, 3.05) is 18.0 Å². The molecule has 0 heterocycles. The van der Waals surface area contributed by atoms with Gasteiger partial charge in [-0.1, -0.05) is 12.1 Å². The van der Waals surface area contributed by atoms with Crippen LogP contribution in [0.3, 0.4) is 0 Å². The lowest BCUT2D eigenvalue weighted by atomic mass is 10.1. The Morgan fingerprint density at radius 1 is 1.29 bits per heavy atom. The molecule has 0 saturated heterocycles. The molecular formula is C14H21N3. The minimum atomic E-state index is 0.0445. The van der Waals surface area contributed by atoms with Gasteiger partial charge in [-0.15, -0.1) is 0 Å². The average Bonchev–Trinajstić information content (AvgIpc) is 2.35. The van der Waals surface area contributed by atoms with Gasteiger partial charge in [0.15, 0.2) is 0 Å². The summed E-state index contributed by atoms with van der Waals surface area (Å²) in [5.74, 6) is 0.0445. The third-order valence-corrected chi connectivity index (χ3v) is 2.88. The van der Waals surface area contributed by atoms with Crippen molar-refractivity contribution < 1.29 is 0 Å². The molecule has 1 rings (SSSR count). The van der Waals surface area contributed by atoms with Gasteiger partial charge in [0.2, 0.25) is 0 Å². The highest BCUT2D eigenvalue weighted by atomic mass is 15.1. The monoisotopic (exact) mass is 231 g/mol. The van der Waals surface area contributed by atoms with Crippen molar-refractivity contribution >= 4 is 5.69 Å². The van der Waals surface area contributed by atoms with Crippen molar-refractivity contribution in [2.24, 2.45) is 11.7 Å². The van der Waals surface area contributed by atoms with Crippen LogP contribution in [0, 0.1) is 17.2 Å². The molecule has 0 aliphatic rings. The highest BCUT2D eigenvalue weighted by molar-refractivity contribution is 5.48. The van der Waals surface area contributed by atoms with Gasteiger partial charge in [-0.2, -0.15) is 5.26 Å². The first-order valence-electron chi connectivity index (χ1n) is 6.08. The smallest absolute Gasteiger partial charge is 0.0671 e. The minimum Gasteiger partial charge on any atom is -0.371 e. The lowest BCUT2D eigenvalue weighted by Gasteiger charge is -2.24. The highest BCUT2D eigenvalue weighted by Crippen LogP contribution is 2.19. The molecule has 3 heteroatoms. The van der Waals surface area contributed by atoms with E-state index < -0.39 is 0 Å². The maximum Gasteiger partial charge on any atom is 0.0671 e. The fourth-order valence-corrected chi connectivity index (χ4v) is 1.78. The van der Waals surface area contributed by atoms with Gasteiger partial charge in [-0.3, -0.25) is 0 Å². The predicted octanol–water partition coefficient (Wildman–Crippen LogP) is 2.69. The van der Waals surface area contributed by atoms with E-state index in [0.29, 0.717) is 0 Å². The van der Waals surface area contributed by atoms with E-state index in [9.17, 15) is 0 Å². The summed E-state index contributed by atoms with van der Waals surface area (Å²) in [7, 11) is 0. The van der Waals surface area contributed by atoms with E-state index in [1.165, 1.54) is 0 Å². The Balaban J connectivity index is 2.79. The first-order valence-corrected chi connectivity index (χ1v) is 6.08. The molecule has 1 aromatic carbocycles. The highest BCUT2D eigenvalue weighted by Gasteiger charge is 2.09. The Hall–Kier alpha value is -1.53. The Morgan fingerprint density at radius 2 is 1.88 bits per heavy atom. The predicted molar refractivity (Wildman–Crippen MR) is 71.7 cm³/mol. The van der Waals surface area contributed by atoms with Gasteiger partial charge in [0.25, 0.3) is 0 Å². The van der Waals surface area contributed by atoms with E-state index >= 15 is 0 Å². The molecular weight excluding hydrogens is 210 g/mol. The summed E-state index contributed by atoms with van der Waals surface area (Å²) in [4.78, 5) is 2.21. The maximum absolute atomic E-state index is 8.85. The van der Waals surface area contributed by atoms with Crippen LogP contribution in [0.1, 0.15) is 32.4 Å². The van der Waals surface area contributed by atoms with Gasteiger partial charge in [-0.25, -0.2) is 0 Å². The van der Waals surface area contributed by atoms with Crippen LogP contribution in [0.25, 0.3) is 0 Å². The van der Waals surface area contributed by atoms with E-state index in [4.69, 9.17) is 11.0 Å². The van der Waals surface area contributed by atoms with Crippen LogP contribution in [-0.2, 0) is 0 Å². The summed E-state index contributed by atoms with van der Waals surface area (Å²) in [5.41, 5.74) is 8.11. The van der Waals surface area contributed by atoms with Gasteiger partial charge >= 0.3 is 0 Å². The minimum absolute atomic E-state index is 0.0445. The molecule has 0 amide bonds. The van der Waals surface area contributed by atoms with Crippen LogP contribution in [0.15, 0.2) is 24.3 Å². The lowest BCUT2D eigenvalue weighted by molar-refractivity contribution is 0.686. The molecule has 0 bridgehead atoms. The van der Waals surface area contributed by atoms with Gasteiger partial charge in [-0.05, 0) is 38.5 Å². The molecule has 1 unspecified atom stereocenters. The van der Waals surface area contributed by atoms with Gasteiger partial charge in [0.1, 0.15) is 0 Å². The lowest BCUT2D eigenvalue weighted by Crippen LogP contribution is -2.27. The molecule has 2 N–H and O–H groups in total. The van der Waals surface area contributed by atoms with Gasteiger partial charge in [0.05, 0.1) is 12.0 Å².